The minimum atomic E-state index is -1.19. The predicted octanol–water partition coefficient (Wildman–Crippen LogP) is 3.83. The lowest BCUT2D eigenvalue weighted by molar-refractivity contribution is -0.129. The molecule has 0 fully saturated rings. The van der Waals surface area contributed by atoms with Crippen molar-refractivity contribution in [3.05, 3.63) is 89.0 Å². The zero-order valence-corrected chi connectivity index (χ0v) is 19.6. The van der Waals surface area contributed by atoms with Crippen molar-refractivity contribution in [2.45, 2.75) is 19.5 Å². The van der Waals surface area contributed by atoms with E-state index in [1.54, 1.807) is 26.1 Å². The fourth-order valence-electron chi connectivity index (χ4n) is 4.28. The van der Waals surface area contributed by atoms with Gasteiger partial charge in [-0.05, 0) is 48.4 Å². The molecule has 2 amide bonds. The summed E-state index contributed by atoms with van der Waals surface area (Å²) in [4.78, 5) is 32.5. The van der Waals surface area contributed by atoms with Crippen molar-refractivity contribution in [3.8, 4) is 11.5 Å². The van der Waals surface area contributed by atoms with Crippen molar-refractivity contribution < 1.29 is 27.8 Å². The van der Waals surface area contributed by atoms with E-state index < -0.39 is 35.5 Å². The summed E-state index contributed by atoms with van der Waals surface area (Å²) in [5, 5.41) is 2.73. The number of anilines is 1. The van der Waals surface area contributed by atoms with Crippen LogP contribution in [0.2, 0.25) is 0 Å². The highest BCUT2D eigenvalue weighted by atomic mass is 19.2. The van der Waals surface area contributed by atoms with Crippen LogP contribution in [0.3, 0.4) is 0 Å². The maximum atomic E-state index is 13.6. The minimum Gasteiger partial charge on any atom is -0.454 e. The molecule has 0 spiro atoms. The number of nitrogens with one attached hydrogen (secondary N) is 1. The molecule has 1 unspecified atom stereocenters. The summed E-state index contributed by atoms with van der Waals surface area (Å²) < 4.78 is 37.8. The fraction of sp³-hybridized carbons (Fsp3) is 0.222. The number of benzene rings is 3. The van der Waals surface area contributed by atoms with E-state index in [1.165, 1.54) is 11.0 Å². The van der Waals surface area contributed by atoms with Gasteiger partial charge >= 0.3 is 0 Å². The molecule has 36 heavy (non-hydrogen) atoms. The molecule has 7 nitrogen and oxygen atoms in total. The minimum absolute atomic E-state index is 0.123. The largest absolute Gasteiger partial charge is 0.454 e. The van der Waals surface area contributed by atoms with Crippen molar-refractivity contribution in [3.63, 3.8) is 0 Å². The first kappa shape index (κ1) is 23.5. The number of benzodiazepines with no additional fused rings is 1. The standard InChI is InChI=1S/C27H23F2N3O4/c1-15(11-16-7-9-19(28)20(29)12-16)26(33)31-25-27(34)32(2)21-6-4-3-5-18(21)24(30-25)17-8-10-22-23(13-17)36-14-35-22/h3-10,12-13,15,25H,11,14H2,1-2H3,(H,31,33)/t15-,25?/m0/s1. The third-order valence-electron chi connectivity index (χ3n) is 6.24. The van der Waals surface area contributed by atoms with Gasteiger partial charge in [0.1, 0.15) is 0 Å². The Morgan fingerprint density at radius 3 is 2.67 bits per heavy atom. The lowest BCUT2D eigenvalue weighted by atomic mass is 9.99. The second-order valence-electron chi connectivity index (χ2n) is 8.72. The SMILES string of the molecule is C[C@@H](Cc1ccc(F)c(F)c1)C(=O)NC1N=C(c2ccc3c(c2)OCO3)c2ccccc2N(C)C1=O. The average Bonchev–Trinajstić information content (AvgIpc) is 3.32. The first-order chi connectivity index (χ1) is 17.3. The molecular weight excluding hydrogens is 468 g/mol. The Balaban J connectivity index is 1.46. The quantitative estimate of drug-likeness (QED) is 0.589. The maximum absolute atomic E-state index is 13.6. The number of halogens is 2. The van der Waals surface area contributed by atoms with E-state index in [0.717, 1.165) is 17.7 Å². The summed E-state index contributed by atoms with van der Waals surface area (Å²) in [5.41, 5.74) is 3.05. The Hall–Kier alpha value is -4.27. The number of rotatable bonds is 5. The summed E-state index contributed by atoms with van der Waals surface area (Å²) in [5.74, 6) is -2.22. The lowest BCUT2D eigenvalue weighted by Gasteiger charge is -2.22. The zero-order chi connectivity index (χ0) is 25.4. The molecule has 184 valence electrons. The third-order valence-corrected chi connectivity index (χ3v) is 6.24. The molecule has 3 aromatic carbocycles. The number of nitrogens with zero attached hydrogens (tertiary/aromatic N) is 2. The van der Waals surface area contributed by atoms with E-state index in [-0.39, 0.29) is 13.2 Å². The van der Waals surface area contributed by atoms with Crippen LogP contribution in [0, 0.1) is 17.6 Å². The Morgan fingerprint density at radius 2 is 1.86 bits per heavy atom. The van der Waals surface area contributed by atoms with Crippen molar-refractivity contribution in [1.82, 2.24) is 5.32 Å². The molecular formula is C27H23F2N3O4. The van der Waals surface area contributed by atoms with Crippen LogP contribution in [-0.2, 0) is 16.0 Å². The third kappa shape index (κ3) is 4.39. The normalized spacial score (nSPS) is 17.2. The van der Waals surface area contributed by atoms with Gasteiger partial charge in [0.2, 0.25) is 18.9 Å². The molecule has 2 heterocycles. The van der Waals surface area contributed by atoms with E-state index in [9.17, 15) is 18.4 Å². The van der Waals surface area contributed by atoms with Gasteiger partial charge in [0, 0.05) is 24.1 Å². The molecule has 0 bridgehead atoms. The molecule has 9 heteroatoms. The number of para-hydroxylation sites is 1. The maximum Gasteiger partial charge on any atom is 0.272 e. The molecule has 1 N–H and O–H groups in total. The number of fused-ring (bicyclic) bond motifs is 2. The van der Waals surface area contributed by atoms with Gasteiger partial charge in [0.25, 0.3) is 5.91 Å². The van der Waals surface area contributed by atoms with Crippen molar-refractivity contribution >= 4 is 23.2 Å². The monoisotopic (exact) mass is 491 g/mol. The summed E-state index contributed by atoms with van der Waals surface area (Å²) in [6.45, 7) is 1.77. The number of carbonyl (C=O) groups excluding carboxylic acids is 2. The molecule has 2 aliphatic heterocycles. The van der Waals surface area contributed by atoms with Crippen LogP contribution in [0.5, 0.6) is 11.5 Å². The van der Waals surface area contributed by atoms with Crippen LogP contribution in [0.4, 0.5) is 14.5 Å². The summed E-state index contributed by atoms with van der Waals surface area (Å²) >= 11 is 0. The molecule has 0 aromatic heterocycles. The van der Waals surface area contributed by atoms with E-state index in [0.29, 0.717) is 34.0 Å². The zero-order valence-electron chi connectivity index (χ0n) is 19.6. The number of likely N-dealkylation sites (N-methyl/N-ethyl adjacent to an activating group) is 1. The van der Waals surface area contributed by atoms with Gasteiger partial charge in [-0.1, -0.05) is 31.2 Å². The van der Waals surface area contributed by atoms with Gasteiger partial charge in [-0.3, -0.25) is 9.59 Å². The number of aliphatic imine (C=N–C) groups is 1. The van der Waals surface area contributed by atoms with Crippen LogP contribution in [-0.4, -0.2) is 37.5 Å². The second-order valence-corrected chi connectivity index (χ2v) is 8.72. The van der Waals surface area contributed by atoms with Crippen LogP contribution in [0.15, 0.2) is 65.7 Å². The number of hydrogen-bond acceptors (Lipinski definition) is 5. The second kappa shape index (κ2) is 9.41. The van der Waals surface area contributed by atoms with E-state index >= 15 is 0 Å². The number of carbonyl (C=O) groups is 2. The van der Waals surface area contributed by atoms with Gasteiger partial charge < -0.3 is 19.7 Å². The Labute approximate surface area is 206 Å². The van der Waals surface area contributed by atoms with Crippen LogP contribution in [0.25, 0.3) is 0 Å². The van der Waals surface area contributed by atoms with Gasteiger partial charge in [-0.15, -0.1) is 0 Å². The molecule has 0 saturated heterocycles. The molecule has 5 rings (SSSR count). The van der Waals surface area contributed by atoms with E-state index in [2.05, 4.69) is 10.3 Å². The lowest BCUT2D eigenvalue weighted by Crippen LogP contribution is -2.47. The van der Waals surface area contributed by atoms with Crippen LogP contribution >= 0.6 is 0 Å². The van der Waals surface area contributed by atoms with Crippen LogP contribution < -0.4 is 19.7 Å². The molecule has 0 radical (unpaired) electrons. The molecule has 2 atom stereocenters. The first-order valence-electron chi connectivity index (χ1n) is 11.4. The molecule has 2 aliphatic rings. The Bertz CT molecular complexity index is 1390. The molecule has 0 aliphatic carbocycles. The van der Waals surface area contributed by atoms with Crippen molar-refractivity contribution in [2.75, 3.05) is 18.7 Å². The predicted molar refractivity (Wildman–Crippen MR) is 129 cm³/mol. The first-order valence-corrected chi connectivity index (χ1v) is 11.4. The number of ether oxygens (including phenoxy) is 2. The van der Waals surface area contributed by atoms with Crippen molar-refractivity contribution in [2.24, 2.45) is 10.9 Å². The Morgan fingerprint density at radius 1 is 1.08 bits per heavy atom. The molecule has 3 aromatic rings. The highest BCUT2D eigenvalue weighted by Crippen LogP contribution is 2.35. The number of amides is 2. The summed E-state index contributed by atoms with van der Waals surface area (Å²) in [7, 11) is 1.63. The van der Waals surface area contributed by atoms with Gasteiger partial charge in [-0.25, -0.2) is 13.8 Å². The Kier molecular flexibility index (Phi) is 6.13. The van der Waals surface area contributed by atoms with Crippen LogP contribution in [0.1, 0.15) is 23.6 Å². The fourth-order valence-corrected chi connectivity index (χ4v) is 4.28. The van der Waals surface area contributed by atoms with Gasteiger partial charge in [0.05, 0.1) is 11.4 Å². The summed E-state index contributed by atoms with van der Waals surface area (Å²) in [6, 6.07) is 16.3. The van der Waals surface area contributed by atoms with Gasteiger partial charge in [0.15, 0.2) is 23.1 Å². The highest BCUT2D eigenvalue weighted by Gasteiger charge is 2.32. The van der Waals surface area contributed by atoms with Gasteiger partial charge in [-0.2, -0.15) is 0 Å². The summed E-state index contributed by atoms with van der Waals surface area (Å²) in [6.07, 6.45) is -1.03. The topological polar surface area (TPSA) is 80.2 Å². The highest BCUT2D eigenvalue weighted by molar-refractivity contribution is 6.20. The average molecular weight is 491 g/mol. The van der Waals surface area contributed by atoms with E-state index in [1.807, 2.05) is 30.3 Å². The number of hydrogen-bond donors (Lipinski definition) is 1. The van der Waals surface area contributed by atoms with Crippen molar-refractivity contribution in [1.29, 1.82) is 0 Å². The molecule has 0 saturated carbocycles. The van der Waals surface area contributed by atoms with E-state index in [4.69, 9.17) is 9.47 Å². The smallest absolute Gasteiger partial charge is 0.272 e.